The third-order valence-electron chi connectivity index (χ3n) is 12.7. The van der Waals surface area contributed by atoms with E-state index in [0.717, 1.165) is 39.6 Å². The molecule has 8 bridgehead atoms. The summed E-state index contributed by atoms with van der Waals surface area (Å²) in [6.07, 6.45) is 0. The van der Waals surface area contributed by atoms with Crippen molar-refractivity contribution in [2.45, 2.75) is 27.7 Å². The molecule has 5 heterocycles. The van der Waals surface area contributed by atoms with E-state index in [9.17, 15) is 0 Å². The Morgan fingerprint density at radius 1 is 0.324 bits per heavy atom. The molecule has 0 saturated heterocycles. The van der Waals surface area contributed by atoms with Gasteiger partial charge in [-0.25, -0.2) is 9.97 Å². The van der Waals surface area contributed by atoms with Crippen molar-refractivity contribution in [2.24, 2.45) is 0 Å². The van der Waals surface area contributed by atoms with Gasteiger partial charge in [0.05, 0.1) is 34.4 Å². The van der Waals surface area contributed by atoms with Gasteiger partial charge in [-0.2, -0.15) is 0 Å². The quantitative estimate of drug-likeness (QED) is 0.142. The first-order valence-corrected chi connectivity index (χ1v) is 24.2. The summed E-state index contributed by atoms with van der Waals surface area (Å²) in [4.78, 5) is 42.0. The van der Waals surface area contributed by atoms with Crippen LogP contribution in [-0.4, -0.2) is 29.9 Å². The molecule has 11 aromatic rings. The number of rotatable bonds is 8. The number of aryl methyl sites for hydroxylation is 4. The molecule has 2 aliphatic rings. The van der Waals surface area contributed by atoms with Crippen LogP contribution in [0.25, 0.3) is 89.7 Å². The van der Waals surface area contributed by atoms with Crippen LogP contribution in [0.5, 0.6) is 46.0 Å². The molecule has 2 aliphatic heterocycles. The van der Waals surface area contributed by atoms with E-state index in [0.29, 0.717) is 136 Å². The Labute approximate surface area is 433 Å². The van der Waals surface area contributed by atoms with Crippen LogP contribution in [0.1, 0.15) is 22.3 Å². The number of fused-ring (bicyclic) bond motifs is 20. The first kappa shape index (κ1) is 45.8. The van der Waals surface area contributed by atoms with Gasteiger partial charge in [0, 0.05) is 44.5 Å². The van der Waals surface area contributed by atoms with Crippen LogP contribution in [0.4, 0.5) is 0 Å². The average Bonchev–Trinajstić information content (AvgIpc) is 4.17. The molecule has 3 aromatic heterocycles. The van der Waals surface area contributed by atoms with Gasteiger partial charge < -0.3 is 48.9 Å². The molecule has 0 fully saturated rings. The summed E-state index contributed by atoms with van der Waals surface area (Å²) in [6, 6.07) is 54.7. The maximum atomic E-state index is 8.19. The monoisotopic (exact) mass is 1000 g/mol. The van der Waals surface area contributed by atoms with E-state index in [2.05, 4.69) is 0 Å². The van der Waals surface area contributed by atoms with Crippen molar-refractivity contribution in [1.29, 1.82) is 0 Å². The Balaban J connectivity index is 0.00000275. The molecule has 13 rings (SSSR count). The van der Waals surface area contributed by atoms with Gasteiger partial charge in [-0.15, -0.1) is 0 Å². The van der Waals surface area contributed by atoms with Gasteiger partial charge in [0.15, 0.2) is 0 Å². The van der Waals surface area contributed by atoms with E-state index in [1.54, 1.807) is 0 Å². The minimum absolute atomic E-state index is 0.336. The van der Waals surface area contributed by atoms with E-state index < -0.39 is 0 Å². The summed E-state index contributed by atoms with van der Waals surface area (Å²) in [5.74, 6) is 6.15. The summed E-state index contributed by atoms with van der Waals surface area (Å²) in [5.41, 5.74) is 8.47. The van der Waals surface area contributed by atoms with Crippen LogP contribution in [0.15, 0.2) is 170 Å². The van der Waals surface area contributed by atoms with Crippen molar-refractivity contribution in [3.63, 3.8) is 0 Å². The van der Waals surface area contributed by atoms with Crippen LogP contribution >= 0.6 is 0 Å². The third kappa shape index (κ3) is 8.59. The second-order valence-electron chi connectivity index (χ2n) is 17.9. The van der Waals surface area contributed by atoms with Crippen molar-refractivity contribution in [3.8, 4) is 91.5 Å². The van der Waals surface area contributed by atoms with Crippen LogP contribution in [0.2, 0.25) is 0 Å². The molecule has 0 amide bonds. The van der Waals surface area contributed by atoms with Gasteiger partial charge in [-0.1, -0.05) is 119 Å². The molecule has 74 heavy (non-hydrogen) atoms. The van der Waals surface area contributed by atoms with Crippen LogP contribution in [0, 0.1) is 27.7 Å². The van der Waals surface area contributed by atoms with Gasteiger partial charge in [0.25, 0.3) is 0 Å². The van der Waals surface area contributed by atoms with Crippen LogP contribution < -0.4 is 28.9 Å². The van der Waals surface area contributed by atoms with Crippen LogP contribution in [0.3, 0.4) is 0 Å². The fourth-order valence-electron chi connectivity index (χ4n) is 9.00. The summed E-state index contributed by atoms with van der Waals surface area (Å²) in [6.45, 7) is 8.16. The molecule has 0 spiro atoms. The molecular weight excluding hydrogens is 964 g/mol. The molecular formula is C60H40N8O5V. The van der Waals surface area contributed by atoms with Crippen molar-refractivity contribution in [2.75, 3.05) is 0 Å². The van der Waals surface area contributed by atoms with Crippen molar-refractivity contribution in [3.05, 3.63) is 192 Å². The zero-order valence-corrected chi connectivity index (χ0v) is 41.6. The Kier molecular flexibility index (Phi) is 11.8. The minimum atomic E-state index is 0.336. The zero-order valence-electron chi connectivity index (χ0n) is 40.2. The Bertz CT molecular complexity index is 3890. The molecule has 13 nitrogen and oxygen atoms in total. The molecule has 0 unspecified atom stereocenters. The fraction of sp³-hybridized carbons (Fsp3) is 0.0667. The fourth-order valence-corrected chi connectivity index (χ4v) is 9.00. The Morgan fingerprint density at radius 2 is 0.622 bits per heavy atom. The van der Waals surface area contributed by atoms with Crippen molar-refractivity contribution < 1.29 is 40.0 Å². The maximum absolute atomic E-state index is 8.19. The number of ether oxygens (including phenoxy) is 4. The molecule has 0 radical (unpaired) electrons. The molecule has 355 valence electrons. The van der Waals surface area contributed by atoms with Gasteiger partial charge in [-0.3, -0.25) is 0 Å². The number of aromatic nitrogens is 8. The second-order valence-corrected chi connectivity index (χ2v) is 17.9. The van der Waals surface area contributed by atoms with E-state index in [-0.39, 0.29) is 0 Å². The second kappa shape index (κ2) is 19.0. The summed E-state index contributed by atoms with van der Waals surface area (Å²) >= 11 is 1.06. The molecule has 0 atom stereocenters. The van der Waals surface area contributed by atoms with Gasteiger partial charge >= 0.3 is 21.0 Å². The van der Waals surface area contributed by atoms with E-state index in [1.165, 1.54) is 0 Å². The molecule has 0 N–H and O–H groups in total. The molecule has 14 heteroatoms. The number of hydrogen-bond donors (Lipinski definition) is 0. The topological polar surface area (TPSA) is 160 Å². The Morgan fingerprint density at radius 3 is 0.973 bits per heavy atom. The predicted molar refractivity (Wildman–Crippen MR) is 280 cm³/mol. The normalized spacial score (nSPS) is 11.4. The Hall–Kier alpha value is -9.30. The first-order valence-electron chi connectivity index (χ1n) is 23.7. The van der Waals surface area contributed by atoms with Crippen molar-refractivity contribution >= 4 is 44.1 Å². The van der Waals surface area contributed by atoms with E-state index in [1.807, 2.05) is 198 Å². The SMILES string of the molecule is Cc1ccc(Oc2cccc3c2-c2nc-3nc3[n-]c(nc4nc(nc5[n-]c(n2)c2cccc(Oc6ccc(C)cc6)c52)-c2cccc(Oc5ccc(C)cc5)c2-4)c2cccc(Oc4ccc(C)cc4)c32)cc1.[O]=[V+2]. The van der Waals surface area contributed by atoms with E-state index >= 15 is 0 Å². The van der Waals surface area contributed by atoms with Crippen LogP contribution in [-0.2, 0) is 21.0 Å². The predicted octanol–water partition coefficient (Wildman–Crippen LogP) is 14.4. The molecule has 0 saturated carbocycles. The average molecular weight is 1000 g/mol. The molecule has 0 aliphatic carbocycles. The zero-order chi connectivity index (χ0) is 50.5. The first-order chi connectivity index (χ1) is 36.2. The van der Waals surface area contributed by atoms with Crippen molar-refractivity contribution in [1.82, 2.24) is 39.9 Å². The summed E-state index contributed by atoms with van der Waals surface area (Å²) in [7, 11) is 0. The third-order valence-corrected chi connectivity index (χ3v) is 12.7. The summed E-state index contributed by atoms with van der Waals surface area (Å²) < 4.78 is 34.8. The number of benzene rings is 8. The molecule has 8 aromatic carbocycles. The summed E-state index contributed by atoms with van der Waals surface area (Å²) in [5, 5.41) is 2.64. The number of hydrogen-bond acceptors (Lipinski definition) is 11. The van der Waals surface area contributed by atoms with Gasteiger partial charge in [-0.05, 0) is 111 Å². The van der Waals surface area contributed by atoms with Gasteiger partial charge in [0.1, 0.15) is 46.0 Å². The standard InChI is InChI=1S/C60H40N8O4.O.V/c1-33-17-25-37(26-18-33)69-45-13-5-9-41-49(45)57-61-53(41)66-58-51-43(11-7-15-47(51)71-39-29-21-35(3)22-30-39)55(63-58)68-60-52-44(12-8-16-48(52)72-40-31-23-36(4)24-32-40)56(64-60)67-59-50-42(54(62-59)65-57)10-6-14-46(50)70-38-27-19-34(2)20-28-38;;/h5-32H,1-4H3;;/q-2;;+2. The van der Waals surface area contributed by atoms with E-state index in [4.69, 9.17) is 62.5 Å². The van der Waals surface area contributed by atoms with Gasteiger partial charge in [0.2, 0.25) is 0 Å². The number of nitrogens with zero attached hydrogens (tertiary/aromatic N) is 8.